The van der Waals surface area contributed by atoms with Gasteiger partial charge in [-0.15, -0.1) is 0 Å². The van der Waals surface area contributed by atoms with Crippen LogP contribution in [-0.4, -0.2) is 19.3 Å². The molecular formula is C13H16BrF2NO. The summed E-state index contributed by atoms with van der Waals surface area (Å²) in [5.74, 6) is -1.15. The average molecular weight is 320 g/mol. The fourth-order valence-corrected chi connectivity index (χ4v) is 2.67. The number of rotatable bonds is 5. The van der Waals surface area contributed by atoms with Gasteiger partial charge in [0.15, 0.2) is 0 Å². The van der Waals surface area contributed by atoms with Gasteiger partial charge in [0.25, 0.3) is 0 Å². The van der Waals surface area contributed by atoms with Gasteiger partial charge in [-0.05, 0) is 47.7 Å². The molecule has 1 unspecified atom stereocenters. The van der Waals surface area contributed by atoms with Crippen LogP contribution in [-0.2, 0) is 4.74 Å². The first kappa shape index (κ1) is 13.7. The van der Waals surface area contributed by atoms with E-state index in [-0.39, 0.29) is 0 Å². The lowest BCUT2D eigenvalue weighted by molar-refractivity contribution is 0.103. The lowest BCUT2D eigenvalue weighted by Gasteiger charge is -2.12. The van der Waals surface area contributed by atoms with Crippen LogP contribution in [0.2, 0.25) is 0 Å². The Morgan fingerprint density at radius 3 is 2.89 bits per heavy atom. The predicted molar refractivity (Wildman–Crippen MR) is 70.8 cm³/mol. The highest BCUT2D eigenvalue weighted by Gasteiger charge is 2.15. The maximum atomic E-state index is 13.5. The largest absolute Gasteiger partial charge is 0.382 e. The highest BCUT2D eigenvalue weighted by molar-refractivity contribution is 9.10. The van der Waals surface area contributed by atoms with Gasteiger partial charge < -0.3 is 10.1 Å². The number of anilines is 1. The third kappa shape index (κ3) is 3.65. The van der Waals surface area contributed by atoms with Crippen molar-refractivity contribution >= 4 is 21.6 Å². The van der Waals surface area contributed by atoms with Crippen LogP contribution in [0.4, 0.5) is 14.5 Å². The van der Waals surface area contributed by atoms with Crippen LogP contribution >= 0.6 is 15.9 Å². The van der Waals surface area contributed by atoms with E-state index in [2.05, 4.69) is 21.2 Å². The van der Waals surface area contributed by atoms with Gasteiger partial charge in [-0.3, -0.25) is 0 Å². The summed E-state index contributed by atoms with van der Waals surface area (Å²) in [5.41, 5.74) is 0.323. The van der Waals surface area contributed by atoms with E-state index < -0.39 is 11.6 Å². The fraction of sp³-hybridized carbons (Fsp3) is 0.538. The van der Waals surface area contributed by atoms with Crippen LogP contribution in [0.5, 0.6) is 0 Å². The van der Waals surface area contributed by atoms with E-state index in [9.17, 15) is 8.78 Å². The Labute approximate surface area is 114 Å². The van der Waals surface area contributed by atoms with Crippen molar-refractivity contribution in [2.75, 3.05) is 18.5 Å². The first-order chi connectivity index (χ1) is 8.66. The summed E-state index contributed by atoms with van der Waals surface area (Å²) in [6.45, 7) is 1.51. The summed E-state index contributed by atoms with van der Waals surface area (Å²) < 4.78 is 32.3. The van der Waals surface area contributed by atoms with E-state index in [0.717, 1.165) is 38.4 Å². The van der Waals surface area contributed by atoms with Crippen molar-refractivity contribution in [2.45, 2.75) is 31.8 Å². The van der Waals surface area contributed by atoms with Gasteiger partial charge in [0.1, 0.15) is 11.6 Å². The summed E-state index contributed by atoms with van der Waals surface area (Å²) in [5, 5.41) is 2.99. The van der Waals surface area contributed by atoms with Crippen LogP contribution in [0.15, 0.2) is 16.6 Å². The van der Waals surface area contributed by atoms with Crippen molar-refractivity contribution in [1.29, 1.82) is 0 Å². The molecule has 1 saturated heterocycles. The summed E-state index contributed by atoms with van der Waals surface area (Å²) in [7, 11) is 0. The van der Waals surface area contributed by atoms with Gasteiger partial charge in [-0.2, -0.15) is 0 Å². The molecule has 1 aromatic rings. The zero-order chi connectivity index (χ0) is 13.0. The van der Waals surface area contributed by atoms with Crippen molar-refractivity contribution in [3.05, 3.63) is 28.2 Å². The molecule has 0 aliphatic carbocycles. The lowest BCUT2D eigenvalue weighted by Crippen LogP contribution is -2.10. The van der Waals surface area contributed by atoms with Crippen molar-refractivity contribution in [1.82, 2.24) is 0 Å². The van der Waals surface area contributed by atoms with Gasteiger partial charge in [-0.1, -0.05) is 0 Å². The zero-order valence-electron chi connectivity index (χ0n) is 10.0. The molecule has 0 spiro atoms. The van der Waals surface area contributed by atoms with E-state index in [0.29, 0.717) is 22.8 Å². The number of benzene rings is 1. The quantitative estimate of drug-likeness (QED) is 0.825. The van der Waals surface area contributed by atoms with E-state index >= 15 is 0 Å². The molecule has 100 valence electrons. The second-order valence-corrected chi connectivity index (χ2v) is 5.30. The highest BCUT2D eigenvalue weighted by Crippen LogP contribution is 2.27. The molecule has 1 atom stereocenters. The second kappa shape index (κ2) is 6.48. The number of ether oxygens (including phenoxy) is 1. The molecule has 2 rings (SSSR count). The number of halogens is 3. The molecule has 0 aromatic heterocycles. The molecule has 1 N–H and O–H groups in total. The third-order valence-electron chi connectivity index (χ3n) is 3.04. The van der Waals surface area contributed by atoms with Gasteiger partial charge in [-0.25, -0.2) is 8.78 Å². The standard InChI is InChI=1S/C13H16BrF2NO/c14-11-7-9(15)8-12(16)13(11)17-5-1-3-10-4-2-6-18-10/h7-8,10,17H,1-6H2. The Hall–Kier alpha value is -0.680. The molecule has 0 saturated carbocycles. The van der Waals surface area contributed by atoms with Crippen LogP contribution in [0, 0.1) is 11.6 Å². The highest BCUT2D eigenvalue weighted by atomic mass is 79.9. The first-order valence-electron chi connectivity index (χ1n) is 6.17. The maximum absolute atomic E-state index is 13.5. The summed E-state index contributed by atoms with van der Waals surface area (Å²) >= 11 is 3.15. The van der Waals surface area contributed by atoms with Crippen LogP contribution in [0.25, 0.3) is 0 Å². The Kier molecular flexibility index (Phi) is 4.95. The SMILES string of the molecule is Fc1cc(F)c(NCCCC2CCCO2)c(Br)c1. The van der Waals surface area contributed by atoms with Crippen molar-refractivity contribution < 1.29 is 13.5 Å². The molecule has 18 heavy (non-hydrogen) atoms. The Balaban J connectivity index is 1.79. The van der Waals surface area contributed by atoms with Crippen molar-refractivity contribution in [3.63, 3.8) is 0 Å². The van der Waals surface area contributed by atoms with E-state index in [1.807, 2.05) is 0 Å². The first-order valence-corrected chi connectivity index (χ1v) is 6.96. The van der Waals surface area contributed by atoms with Gasteiger partial charge >= 0.3 is 0 Å². The maximum Gasteiger partial charge on any atom is 0.150 e. The molecule has 1 heterocycles. The fourth-order valence-electron chi connectivity index (χ4n) is 2.13. The minimum atomic E-state index is -0.579. The average Bonchev–Trinajstić information content (AvgIpc) is 2.79. The molecule has 0 radical (unpaired) electrons. The van der Waals surface area contributed by atoms with Crippen LogP contribution in [0.1, 0.15) is 25.7 Å². The number of nitrogens with one attached hydrogen (secondary N) is 1. The minimum absolute atomic E-state index is 0.323. The van der Waals surface area contributed by atoms with Crippen LogP contribution in [0.3, 0.4) is 0 Å². The van der Waals surface area contributed by atoms with Crippen molar-refractivity contribution in [3.8, 4) is 0 Å². The van der Waals surface area contributed by atoms with E-state index in [4.69, 9.17) is 4.74 Å². The number of hydrogen-bond donors (Lipinski definition) is 1. The molecule has 1 fully saturated rings. The van der Waals surface area contributed by atoms with Gasteiger partial charge in [0.2, 0.25) is 0 Å². The second-order valence-electron chi connectivity index (χ2n) is 4.45. The predicted octanol–water partition coefficient (Wildman–Crippen LogP) is 4.10. The summed E-state index contributed by atoms with van der Waals surface area (Å²) in [4.78, 5) is 0. The Morgan fingerprint density at radius 1 is 1.39 bits per heavy atom. The molecule has 5 heteroatoms. The summed E-state index contributed by atoms with van der Waals surface area (Å²) in [6, 6.07) is 2.14. The monoisotopic (exact) mass is 319 g/mol. The molecule has 1 aliphatic rings. The molecule has 0 bridgehead atoms. The molecular weight excluding hydrogens is 304 g/mol. The third-order valence-corrected chi connectivity index (χ3v) is 3.66. The van der Waals surface area contributed by atoms with Crippen LogP contribution < -0.4 is 5.32 Å². The Morgan fingerprint density at radius 2 is 2.22 bits per heavy atom. The van der Waals surface area contributed by atoms with Gasteiger partial charge in [0, 0.05) is 23.7 Å². The summed E-state index contributed by atoms with van der Waals surface area (Å²) in [6.07, 6.45) is 4.50. The van der Waals surface area contributed by atoms with Crippen molar-refractivity contribution in [2.24, 2.45) is 0 Å². The molecule has 0 amide bonds. The molecule has 2 nitrogen and oxygen atoms in total. The van der Waals surface area contributed by atoms with E-state index in [1.54, 1.807) is 0 Å². The van der Waals surface area contributed by atoms with Gasteiger partial charge in [0.05, 0.1) is 11.8 Å². The topological polar surface area (TPSA) is 21.3 Å². The Bertz CT molecular complexity index is 385. The molecule has 1 aliphatic heterocycles. The normalized spacial score (nSPS) is 19.2. The minimum Gasteiger partial charge on any atom is -0.382 e. The smallest absolute Gasteiger partial charge is 0.150 e. The zero-order valence-corrected chi connectivity index (χ0v) is 11.6. The molecule has 1 aromatic carbocycles. The lowest BCUT2D eigenvalue weighted by atomic mass is 10.1. The van der Waals surface area contributed by atoms with E-state index in [1.165, 1.54) is 6.07 Å². The number of hydrogen-bond acceptors (Lipinski definition) is 2.